The van der Waals surface area contributed by atoms with Gasteiger partial charge in [0.1, 0.15) is 13.2 Å². The molecule has 0 spiro atoms. The van der Waals surface area contributed by atoms with E-state index < -0.39 is 6.10 Å². The zero-order valence-electron chi connectivity index (χ0n) is 40.9. The molecule has 0 N–H and O–H groups in total. The summed E-state index contributed by atoms with van der Waals surface area (Å²) < 4.78 is 16.7. The lowest BCUT2D eigenvalue weighted by atomic mass is 10.1. The van der Waals surface area contributed by atoms with Crippen LogP contribution in [0.3, 0.4) is 0 Å². The predicted octanol–water partition coefficient (Wildman–Crippen LogP) is 17.3. The summed E-state index contributed by atoms with van der Waals surface area (Å²) in [5.74, 6) is -0.910. The molecule has 6 heteroatoms. The van der Waals surface area contributed by atoms with Crippen LogP contribution in [-0.4, -0.2) is 37.2 Å². The fourth-order valence-corrected chi connectivity index (χ4v) is 7.24. The van der Waals surface area contributed by atoms with Crippen molar-refractivity contribution in [2.75, 3.05) is 13.2 Å². The number of allylic oxidation sites excluding steroid dienone is 10. The van der Waals surface area contributed by atoms with Crippen molar-refractivity contribution in [3.63, 3.8) is 0 Å². The molecule has 0 aromatic carbocycles. The third-order valence-electron chi connectivity index (χ3n) is 11.2. The van der Waals surface area contributed by atoms with Gasteiger partial charge in [0.15, 0.2) is 6.10 Å². The van der Waals surface area contributed by atoms with Crippen molar-refractivity contribution in [3.8, 4) is 0 Å². The van der Waals surface area contributed by atoms with E-state index in [0.29, 0.717) is 19.3 Å². The Morgan fingerprint density at radius 1 is 0.323 bits per heavy atom. The molecule has 0 radical (unpaired) electrons. The smallest absolute Gasteiger partial charge is 0.306 e. The van der Waals surface area contributed by atoms with Crippen molar-refractivity contribution in [2.45, 2.75) is 264 Å². The van der Waals surface area contributed by atoms with Crippen LogP contribution in [0, 0.1) is 0 Å². The molecule has 0 aromatic rings. The number of hydrogen-bond acceptors (Lipinski definition) is 6. The maximum Gasteiger partial charge on any atom is 0.306 e. The molecule has 0 fully saturated rings. The van der Waals surface area contributed by atoms with E-state index in [4.69, 9.17) is 14.2 Å². The van der Waals surface area contributed by atoms with E-state index in [9.17, 15) is 14.4 Å². The lowest BCUT2D eigenvalue weighted by Crippen LogP contribution is -2.30. The van der Waals surface area contributed by atoms with Gasteiger partial charge in [-0.05, 0) is 89.9 Å². The Hall–Kier alpha value is -2.89. The molecule has 0 aliphatic heterocycles. The van der Waals surface area contributed by atoms with Crippen LogP contribution in [0.1, 0.15) is 258 Å². The average molecular weight is 867 g/mol. The number of unbranched alkanes of at least 4 members (excludes halogenated alkanes) is 26. The summed E-state index contributed by atoms with van der Waals surface area (Å²) in [5, 5.41) is 0. The topological polar surface area (TPSA) is 78.9 Å². The molecule has 62 heavy (non-hydrogen) atoms. The molecule has 0 aliphatic carbocycles. The molecule has 0 bridgehead atoms. The molecule has 1 unspecified atom stereocenters. The minimum absolute atomic E-state index is 0.0824. The molecule has 0 saturated carbocycles. The SMILES string of the molecule is CCCCC/C=C\C/C=C\CCCCCCCC(=O)OC(COC(=O)CCCCCCCC)COC(=O)CCCCCCCCCC/C=C\C/C=C\C/C=C\CCCCCCC. The summed E-state index contributed by atoms with van der Waals surface area (Å²) in [6.07, 6.45) is 62.3. The van der Waals surface area contributed by atoms with Crippen molar-refractivity contribution in [2.24, 2.45) is 0 Å². The molecule has 0 rings (SSSR count). The van der Waals surface area contributed by atoms with Gasteiger partial charge >= 0.3 is 17.9 Å². The predicted molar refractivity (Wildman–Crippen MR) is 265 cm³/mol. The second-order valence-corrected chi connectivity index (χ2v) is 17.4. The van der Waals surface area contributed by atoms with E-state index in [1.54, 1.807) is 0 Å². The van der Waals surface area contributed by atoms with E-state index in [2.05, 4.69) is 81.5 Å². The van der Waals surface area contributed by atoms with Gasteiger partial charge in [0.2, 0.25) is 0 Å². The fourth-order valence-electron chi connectivity index (χ4n) is 7.24. The molecular weight excluding hydrogens is 769 g/mol. The number of rotatable bonds is 47. The highest BCUT2D eigenvalue weighted by Crippen LogP contribution is 2.14. The van der Waals surface area contributed by atoms with E-state index in [-0.39, 0.29) is 31.1 Å². The van der Waals surface area contributed by atoms with Gasteiger partial charge in [0.05, 0.1) is 0 Å². The first-order valence-corrected chi connectivity index (χ1v) is 26.3. The molecule has 0 heterocycles. The molecule has 6 nitrogen and oxygen atoms in total. The van der Waals surface area contributed by atoms with Gasteiger partial charge < -0.3 is 14.2 Å². The van der Waals surface area contributed by atoms with Crippen molar-refractivity contribution in [1.29, 1.82) is 0 Å². The van der Waals surface area contributed by atoms with Gasteiger partial charge in [0.25, 0.3) is 0 Å². The van der Waals surface area contributed by atoms with Crippen LogP contribution < -0.4 is 0 Å². The zero-order chi connectivity index (χ0) is 45.1. The first kappa shape index (κ1) is 59.1. The van der Waals surface area contributed by atoms with Crippen LogP contribution in [0.15, 0.2) is 60.8 Å². The molecule has 1 atom stereocenters. The zero-order valence-corrected chi connectivity index (χ0v) is 40.9. The Bertz CT molecular complexity index is 1130. The van der Waals surface area contributed by atoms with Gasteiger partial charge in [-0.2, -0.15) is 0 Å². The quantitative estimate of drug-likeness (QED) is 0.0262. The summed E-state index contributed by atoms with van der Waals surface area (Å²) in [7, 11) is 0. The second kappa shape index (κ2) is 50.8. The number of carbonyl (C=O) groups is 3. The highest BCUT2D eigenvalue weighted by Gasteiger charge is 2.19. The number of hydrogen-bond donors (Lipinski definition) is 0. The highest BCUT2D eigenvalue weighted by molar-refractivity contribution is 5.71. The summed E-state index contributed by atoms with van der Waals surface area (Å²) in [6.45, 7) is 6.53. The molecular formula is C56H98O6. The molecule has 0 amide bonds. The van der Waals surface area contributed by atoms with Gasteiger partial charge in [-0.1, -0.05) is 210 Å². The Labute approximate surface area is 383 Å². The van der Waals surface area contributed by atoms with Crippen LogP contribution in [0.5, 0.6) is 0 Å². The number of esters is 3. The Kier molecular flexibility index (Phi) is 48.4. The summed E-state index contributed by atoms with van der Waals surface area (Å²) in [4.78, 5) is 37.7. The number of carbonyl (C=O) groups excluding carboxylic acids is 3. The third kappa shape index (κ3) is 48.1. The monoisotopic (exact) mass is 867 g/mol. The highest BCUT2D eigenvalue weighted by atomic mass is 16.6. The van der Waals surface area contributed by atoms with Crippen molar-refractivity contribution in [1.82, 2.24) is 0 Å². The van der Waals surface area contributed by atoms with Crippen molar-refractivity contribution < 1.29 is 28.6 Å². The van der Waals surface area contributed by atoms with Crippen LogP contribution >= 0.6 is 0 Å². The summed E-state index contributed by atoms with van der Waals surface area (Å²) >= 11 is 0. The summed E-state index contributed by atoms with van der Waals surface area (Å²) in [6, 6.07) is 0. The van der Waals surface area contributed by atoms with E-state index in [0.717, 1.165) is 103 Å². The maximum atomic E-state index is 12.7. The Morgan fingerprint density at radius 3 is 0.935 bits per heavy atom. The lowest BCUT2D eigenvalue weighted by Gasteiger charge is -2.18. The Morgan fingerprint density at radius 2 is 0.581 bits per heavy atom. The molecule has 0 aliphatic rings. The standard InChI is InChI=1S/C56H98O6/c1-4-7-10-13-16-18-20-22-24-25-26-27-28-29-30-31-33-34-36-38-40-43-46-49-55(58)61-52-53(51-60-54(57)48-45-42-15-12-9-6-3)62-56(59)50-47-44-41-39-37-35-32-23-21-19-17-14-11-8-5-2/h17,19-20,22-23,25-26,28-29,32,53H,4-16,18,21,24,27,30-31,33-52H2,1-3H3/b19-17-,22-20-,26-25-,29-28-,32-23-. The first-order valence-electron chi connectivity index (χ1n) is 26.3. The van der Waals surface area contributed by atoms with Gasteiger partial charge in [-0.3, -0.25) is 14.4 Å². The van der Waals surface area contributed by atoms with E-state index in [1.807, 2.05) is 0 Å². The maximum absolute atomic E-state index is 12.7. The van der Waals surface area contributed by atoms with E-state index in [1.165, 1.54) is 116 Å². The van der Waals surface area contributed by atoms with E-state index >= 15 is 0 Å². The van der Waals surface area contributed by atoms with Gasteiger partial charge in [0, 0.05) is 19.3 Å². The van der Waals surface area contributed by atoms with Crippen molar-refractivity contribution >= 4 is 17.9 Å². The second-order valence-electron chi connectivity index (χ2n) is 17.4. The molecule has 358 valence electrons. The normalized spacial score (nSPS) is 12.5. The largest absolute Gasteiger partial charge is 0.462 e. The molecule has 0 saturated heterocycles. The Balaban J connectivity index is 4.20. The van der Waals surface area contributed by atoms with Gasteiger partial charge in [-0.15, -0.1) is 0 Å². The fraction of sp³-hybridized carbons (Fsp3) is 0.768. The minimum atomic E-state index is -0.780. The van der Waals surface area contributed by atoms with Crippen LogP contribution in [-0.2, 0) is 28.6 Å². The lowest BCUT2D eigenvalue weighted by molar-refractivity contribution is -0.167. The van der Waals surface area contributed by atoms with Crippen LogP contribution in [0.25, 0.3) is 0 Å². The minimum Gasteiger partial charge on any atom is -0.462 e. The van der Waals surface area contributed by atoms with Gasteiger partial charge in [-0.25, -0.2) is 0 Å². The first-order chi connectivity index (χ1) is 30.5. The molecule has 0 aromatic heterocycles. The summed E-state index contributed by atoms with van der Waals surface area (Å²) in [5.41, 5.74) is 0. The van der Waals surface area contributed by atoms with Crippen LogP contribution in [0.4, 0.5) is 0 Å². The van der Waals surface area contributed by atoms with Crippen molar-refractivity contribution in [3.05, 3.63) is 60.8 Å². The average Bonchev–Trinajstić information content (AvgIpc) is 3.27. The van der Waals surface area contributed by atoms with Crippen LogP contribution in [0.2, 0.25) is 0 Å². The third-order valence-corrected chi connectivity index (χ3v) is 11.2. The number of ether oxygens (including phenoxy) is 3.